The second-order valence-electron chi connectivity index (χ2n) is 5.45. The maximum Gasteiger partial charge on any atom is 0.240 e. The van der Waals surface area contributed by atoms with Crippen LogP contribution in [0.15, 0.2) is 53.4 Å². The van der Waals surface area contributed by atoms with Gasteiger partial charge in [0.05, 0.1) is 4.90 Å². The van der Waals surface area contributed by atoms with Gasteiger partial charge in [0.1, 0.15) is 12.4 Å². The average Bonchev–Trinajstić information content (AvgIpc) is 2.59. The van der Waals surface area contributed by atoms with E-state index >= 15 is 0 Å². The quantitative estimate of drug-likeness (QED) is 0.707. The Bertz CT molecular complexity index is 800. The highest BCUT2D eigenvalue weighted by molar-refractivity contribution is 7.89. The van der Waals surface area contributed by atoms with Gasteiger partial charge >= 0.3 is 0 Å². The van der Waals surface area contributed by atoms with Crippen molar-refractivity contribution < 1.29 is 17.9 Å². The van der Waals surface area contributed by atoms with Gasteiger partial charge in [-0.1, -0.05) is 19.1 Å². The molecule has 0 spiro atoms. The Morgan fingerprint density at radius 3 is 2.24 bits per heavy atom. The van der Waals surface area contributed by atoms with Crippen molar-refractivity contribution in [2.75, 3.05) is 18.5 Å². The van der Waals surface area contributed by atoms with Crippen molar-refractivity contribution in [1.29, 1.82) is 0 Å². The number of amides is 1. The Kier molecular flexibility index (Phi) is 6.55. The van der Waals surface area contributed by atoms with E-state index in [2.05, 4.69) is 17.0 Å². The van der Waals surface area contributed by atoms with E-state index in [1.807, 2.05) is 24.3 Å². The van der Waals surface area contributed by atoms with Gasteiger partial charge in [0.2, 0.25) is 15.9 Å². The summed E-state index contributed by atoms with van der Waals surface area (Å²) in [5, 5.41) is 2.59. The van der Waals surface area contributed by atoms with Gasteiger partial charge in [-0.3, -0.25) is 4.79 Å². The molecule has 2 aromatic rings. The summed E-state index contributed by atoms with van der Waals surface area (Å²) in [5.41, 5.74) is 1.76. The highest BCUT2D eigenvalue weighted by atomic mass is 32.2. The normalized spacial score (nSPS) is 11.1. The molecule has 0 aliphatic rings. The lowest BCUT2D eigenvalue weighted by Crippen LogP contribution is -2.28. The Hall–Kier alpha value is -2.38. The topological polar surface area (TPSA) is 84.5 Å². The molecule has 25 heavy (non-hydrogen) atoms. The SMILES string of the molecule is CCc1ccc(OCCNS(=O)(=O)c2ccc(NC(C)=O)cc2)cc1. The van der Waals surface area contributed by atoms with Crippen molar-refractivity contribution in [3.8, 4) is 5.75 Å². The van der Waals surface area contributed by atoms with Crippen LogP contribution in [0, 0.1) is 0 Å². The van der Waals surface area contributed by atoms with E-state index in [0.29, 0.717) is 11.4 Å². The molecule has 2 N–H and O–H groups in total. The smallest absolute Gasteiger partial charge is 0.240 e. The minimum absolute atomic E-state index is 0.133. The van der Waals surface area contributed by atoms with E-state index in [1.165, 1.54) is 24.6 Å². The van der Waals surface area contributed by atoms with Gasteiger partial charge in [0.25, 0.3) is 0 Å². The van der Waals surface area contributed by atoms with Gasteiger partial charge in [0.15, 0.2) is 0 Å². The van der Waals surface area contributed by atoms with Crippen LogP contribution in [0.3, 0.4) is 0 Å². The van der Waals surface area contributed by atoms with Crippen molar-refractivity contribution in [2.45, 2.75) is 25.2 Å². The van der Waals surface area contributed by atoms with Crippen LogP contribution in [-0.4, -0.2) is 27.5 Å². The van der Waals surface area contributed by atoms with Crippen LogP contribution in [-0.2, 0) is 21.2 Å². The van der Waals surface area contributed by atoms with Crippen LogP contribution in [0.1, 0.15) is 19.4 Å². The monoisotopic (exact) mass is 362 g/mol. The molecule has 1 amide bonds. The summed E-state index contributed by atoms with van der Waals surface area (Å²) in [7, 11) is -3.61. The van der Waals surface area contributed by atoms with E-state index < -0.39 is 10.0 Å². The van der Waals surface area contributed by atoms with Gasteiger partial charge in [-0.15, -0.1) is 0 Å². The molecule has 134 valence electrons. The van der Waals surface area contributed by atoms with Gasteiger partial charge in [0, 0.05) is 19.2 Å². The van der Waals surface area contributed by atoms with Crippen molar-refractivity contribution >= 4 is 21.6 Å². The number of rotatable bonds is 8. The molecule has 2 rings (SSSR count). The number of sulfonamides is 1. The van der Waals surface area contributed by atoms with Crippen LogP contribution in [0.25, 0.3) is 0 Å². The Balaban J connectivity index is 1.85. The predicted molar refractivity (Wildman–Crippen MR) is 97.2 cm³/mol. The first-order valence-corrected chi connectivity index (χ1v) is 9.48. The Morgan fingerprint density at radius 2 is 1.68 bits per heavy atom. The van der Waals surface area contributed by atoms with Crippen LogP contribution in [0.4, 0.5) is 5.69 Å². The molecule has 0 aromatic heterocycles. The zero-order valence-electron chi connectivity index (χ0n) is 14.3. The summed E-state index contributed by atoms with van der Waals surface area (Å²) >= 11 is 0. The molecule has 7 heteroatoms. The maximum atomic E-state index is 12.2. The third-order valence-electron chi connectivity index (χ3n) is 3.48. The van der Waals surface area contributed by atoms with Crippen LogP contribution in [0.2, 0.25) is 0 Å². The molecule has 0 fully saturated rings. The first-order valence-electron chi connectivity index (χ1n) is 8.00. The lowest BCUT2D eigenvalue weighted by Gasteiger charge is -2.09. The molecule has 0 radical (unpaired) electrons. The van der Waals surface area contributed by atoms with E-state index in [1.54, 1.807) is 12.1 Å². The molecule has 0 saturated carbocycles. The molecular formula is C18H22N2O4S. The first-order chi connectivity index (χ1) is 11.9. The molecule has 0 atom stereocenters. The van der Waals surface area contributed by atoms with E-state index in [0.717, 1.165) is 6.42 Å². The summed E-state index contributed by atoms with van der Waals surface area (Å²) in [6.07, 6.45) is 0.959. The standard InChI is InChI=1S/C18H22N2O4S/c1-3-15-4-8-17(9-5-15)24-13-12-19-25(22,23)18-10-6-16(7-11-18)20-14(2)21/h4-11,19H,3,12-13H2,1-2H3,(H,20,21). The number of carbonyl (C=O) groups is 1. The number of carbonyl (C=O) groups excluding carboxylic acids is 1. The second kappa shape index (κ2) is 8.64. The van der Waals surface area contributed by atoms with Crippen molar-refractivity contribution in [2.24, 2.45) is 0 Å². The van der Waals surface area contributed by atoms with E-state index in [-0.39, 0.29) is 24.0 Å². The maximum absolute atomic E-state index is 12.2. The number of aryl methyl sites for hydroxylation is 1. The fourth-order valence-corrected chi connectivity index (χ4v) is 3.18. The van der Waals surface area contributed by atoms with E-state index in [9.17, 15) is 13.2 Å². The molecule has 0 aliphatic carbocycles. The lowest BCUT2D eigenvalue weighted by atomic mass is 10.2. The minimum atomic E-state index is -3.61. The fraction of sp³-hybridized carbons (Fsp3) is 0.278. The average molecular weight is 362 g/mol. The van der Waals surface area contributed by atoms with Crippen molar-refractivity contribution in [3.05, 3.63) is 54.1 Å². The number of hydrogen-bond acceptors (Lipinski definition) is 4. The molecule has 0 saturated heterocycles. The highest BCUT2D eigenvalue weighted by Crippen LogP contribution is 2.14. The van der Waals surface area contributed by atoms with Gasteiger partial charge in [-0.25, -0.2) is 13.1 Å². The largest absolute Gasteiger partial charge is 0.492 e. The summed E-state index contributed by atoms with van der Waals surface area (Å²) in [4.78, 5) is 11.1. The molecule has 0 heterocycles. The number of anilines is 1. The number of ether oxygens (including phenoxy) is 1. The third kappa shape index (κ3) is 5.88. The summed E-state index contributed by atoms with van der Waals surface area (Å²) in [6, 6.07) is 13.7. The van der Waals surface area contributed by atoms with Crippen LogP contribution in [0.5, 0.6) is 5.75 Å². The Labute approximate surface area is 148 Å². The molecule has 0 bridgehead atoms. The van der Waals surface area contributed by atoms with Gasteiger partial charge in [-0.05, 0) is 48.4 Å². The van der Waals surface area contributed by atoms with Gasteiger partial charge in [-0.2, -0.15) is 0 Å². The second-order valence-corrected chi connectivity index (χ2v) is 7.22. The number of benzene rings is 2. The minimum Gasteiger partial charge on any atom is -0.492 e. The lowest BCUT2D eigenvalue weighted by molar-refractivity contribution is -0.114. The van der Waals surface area contributed by atoms with E-state index in [4.69, 9.17) is 4.74 Å². The molecule has 6 nitrogen and oxygen atoms in total. The molecular weight excluding hydrogens is 340 g/mol. The number of nitrogens with one attached hydrogen (secondary N) is 2. The molecule has 0 unspecified atom stereocenters. The predicted octanol–water partition coefficient (Wildman–Crippen LogP) is 2.56. The van der Waals surface area contributed by atoms with Gasteiger partial charge < -0.3 is 10.1 Å². The summed E-state index contributed by atoms with van der Waals surface area (Å²) in [6.45, 7) is 3.86. The molecule has 0 aliphatic heterocycles. The van der Waals surface area contributed by atoms with Crippen molar-refractivity contribution in [1.82, 2.24) is 4.72 Å². The summed E-state index contributed by atoms with van der Waals surface area (Å²) < 4.78 is 32.4. The Morgan fingerprint density at radius 1 is 1.04 bits per heavy atom. The third-order valence-corrected chi connectivity index (χ3v) is 4.96. The summed E-state index contributed by atoms with van der Waals surface area (Å²) in [5.74, 6) is 0.494. The van der Waals surface area contributed by atoms with Crippen LogP contribution < -0.4 is 14.8 Å². The highest BCUT2D eigenvalue weighted by Gasteiger charge is 2.13. The number of hydrogen-bond donors (Lipinski definition) is 2. The molecule has 2 aromatic carbocycles. The van der Waals surface area contributed by atoms with Crippen LogP contribution >= 0.6 is 0 Å². The zero-order chi connectivity index (χ0) is 18.3. The fourth-order valence-electron chi connectivity index (χ4n) is 2.17. The zero-order valence-corrected chi connectivity index (χ0v) is 15.1. The van der Waals surface area contributed by atoms with Crippen molar-refractivity contribution in [3.63, 3.8) is 0 Å². The first kappa shape index (κ1) is 19.0.